The summed E-state index contributed by atoms with van der Waals surface area (Å²) in [6.07, 6.45) is 1.28. The molecule has 3 aromatic rings. The maximum atomic E-state index is 12.8. The number of ether oxygens (including phenoxy) is 1. The number of hydrogen-bond donors (Lipinski definition) is 2. The lowest BCUT2D eigenvalue weighted by Gasteiger charge is -2.49. The summed E-state index contributed by atoms with van der Waals surface area (Å²) < 4.78 is 5.26. The highest BCUT2D eigenvalue weighted by Crippen LogP contribution is 2.34. The number of amides is 1. The number of hydrogen-bond acceptors (Lipinski definition) is 6. The minimum atomic E-state index is -0.280. The van der Waals surface area contributed by atoms with E-state index in [1.54, 1.807) is 7.11 Å². The summed E-state index contributed by atoms with van der Waals surface area (Å²) in [6.45, 7) is 6.34. The minimum absolute atomic E-state index is 0.136. The first-order valence-corrected chi connectivity index (χ1v) is 11.8. The van der Waals surface area contributed by atoms with E-state index in [9.17, 15) is 4.79 Å². The molecule has 0 radical (unpaired) electrons. The van der Waals surface area contributed by atoms with Gasteiger partial charge in [-0.1, -0.05) is 26.0 Å². The van der Waals surface area contributed by atoms with Gasteiger partial charge in [0.05, 0.1) is 12.8 Å². The van der Waals surface area contributed by atoms with Gasteiger partial charge < -0.3 is 15.0 Å². The van der Waals surface area contributed by atoms with Crippen LogP contribution in [-0.2, 0) is 5.41 Å². The van der Waals surface area contributed by atoms with Gasteiger partial charge in [0.1, 0.15) is 5.75 Å². The van der Waals surface area contributed by atoms with Crippen LogP contribution in [0.1, 0.15) is 41.9 Å². The Morgan fingerprint density at radius 3 is 2.41 bits per heavy atom. The molecule has 2 bridgehead atoms. The highest BCUT2D eigenvalue weighted by Gasteiger charge is 2.36. The second-order valence-corrected chi connectivity index (χ2v) is 9.95. The Labute approximate surface area is 192 Å². The fourth-order valence-electron chi connectivity index (χ4n) is 4.49. The Morgan fingerprint density at radius 1 is 1.12 bits per heavy atom. The molecule has 0 saturated carbocycles. The van der Waals surface area contributed by atoms with Crippen molar-refractivity contribution in [2.24, 2.45) is 0 Å². The smallest absolute Gasteiger partial charge is 0.257 e. The van der Waals surface area contributed by atoms with Crippen molar-refractivity contribution in [3.8, 4) is 5.75 Å². The van der Waals surface area contributed by atoms with Gasteiger partial charge in [-0.05, 0) is 48.4 Å². The van der Waals surface area contributed by atoms with Gasteiger partial charge in [0.25, 0.3) is 5.91 Å². The van der Waals surface area contributed by atoms with Crippen LogP contribution in [0.3, 0.4) is 0 Å². The molecule has 7 heteroatoms. The lowest BCUT2D eigenvalue weighted by atomic mass is 9.82. The van der Waals surface area contributed by atoms with Crippen LogP contribution in [0.15, 0.2) is 53.9 Å². The summed E-state index contributed by atoms with van der Waals surface area (Å²) >= 11 is 1.45. The Hall–Kier alpha value is -2.90. The van der Waals surface area contributed by atoms with E-state index >= 15 is 0 Å². The highest BCUT2D eigenvalue weighted by molar-refractivity contribution is 7.14. The number of rotatable bonds is 6. The number of fused-ring (bicyclic) bond motifs is 2. The van der Waals surface area contributed by atoms with Crippen molar-refractivity contribution in [2.75, 3.05) is 30.4 Å². The largest absolute Gasteiger partial charge is 0.497 e. The van der Waals surface area contributed by atoms with Gasteiger partial charge in [0.2, 0.25) is 0 Å². The summed E-state index contributed by atoms with van der Waals surface area (Å²) in [5.41, 5.74) is 3.60. The normalized spacial score (nSPS) is 19.9. The van der Waals surface area contributed by atoms with Crippen LogP contribution >= 0.6 is 11.3 Å². The van der Waals surface area contributed by atoms with Crippen molar-refractivity contribution < 1.29 is 9.53 Å². The lowest BCUT2D eigenvalue weighted by molar-refractivity contribution is 0.102. The maximum absolute atomic E-state index is 12.8. The number of anilines is 2. The molecular formula is C25H28N4O2S. The Bertz CT molecular complexity index is 1090. The molecule has 166 valence electrons. The molecule has 6 rings (SSSR count). The fraction of sp³-hybridized carbons (Fsp3) is 0.360. The van der Waals surface area contributed by atoms with Crippen molar-refractivity contribution in [2.45, 2.75) is 37.8 Å². The minimum Gasteiger partial charge on any atom is -0.497 e. The van der Waals surface area contributed by atoms with E-state index in [4.69, 9.17) is 9.72 Å². The predicted molar refractivity (Wildman–Crippen MR) is 129 cm³/mol. The maximum Gasteiger partial charge on any atom is 0.257 e. The highest BCUT2D eigenvalue weighted by atomic mass is 32.1. The van der Waals surface area contributed by atoms with Crippen molar-refractivity contribution in [3.63, 3.8) is 0 Å². The van der Waals surface area contributed by atoms with E-state index in [0.29, 0.717) is 22.8 Å². The number of benzene rings is 2. The molecule has 3 saturated heterocycles. The Kier molecular flexibility index (Phi) is 5.39. The summed E-state index contributed by atoms with van der Waals surface area (Å²) in [5, 5.41) is 9.13. The van der Waals surface area contributed by atoms with Crippen molar-refractivity contribution >= 4 is 28.1 Å². The third-order valence-corrected chi connectivity index (χ3v) is 7.35. The second kappa shape index (κ2) is 8.22. The van der Waals surface area contributed by atoms with Crippen LogP contribution in [0.25, 0.3) is 0 Å². The average Bonchev–Trinajstić information content (AvgIpc) is 3.28. The van der Waals surface area contributed by atoms with Crippen molar-refractivity contribution in [1.29, 1.82) is 0 Å². The number of aromatic nitrogens is 1. The third-order valence-electron chi connectivity index (χ3n) is 6.59. The molecule has 3 aliphatic rings. The molecule has 3 aliphatic heterocycles. The van der Waals surface area contributed by atoms with Crippen LogP contribution < -0.4 is 20.3 Å². The summed E-state index contributed by atoms with van der Waals surface area (Å²) in [4.78, 5) is 19.9. The lowest BCUT2D eigenvalue weighted by Crippen LogP contribution is -2.67. The van der Waals surface area contributed by atoms with Gasteiger partial charge in [-0.15, -0.1) is 11.3 Å². The molecule has 2 N–H and O–H groups in total. The van der Waals surface area contributed by atoms with Gasteiger partial charge in [-0.25, -0.2) is 4.98 Å². The van der Waals surface area contributed by atoms with Crippen molar-refractivity contribution in [3.05, 3.63) is 70.7 Å². The number of thiazole rings is 1. The Morgan fingerprint density at radius 2 is 1.78 bits per heavy atom. The molecule has 1 amide bonds. The third kappa shape index (κ3) is 3.98. The quantitative estimate of drug-likeness (QED) is 0.589. The molecule has 0 spiro atoms. The topological polar surface area (TPSA) is 66.5 Å². The van der Waals surface area contributed by atoms with E-state index in [-0.39, 0.29) is 11.3 Å². The zero-order chi connectivity index (χ0) is 22.3. The first kappa shape index (κ1) is 21.0. The van der Waals surface area contributed by atoms with Gasteiger partial charge in [0, 0.05) is 47.2 Å². The number of piperidine rings is 1. The Balaban J connectivity index is 1.25. The van der Waals surface area contributed by atoms with E-state index in [1.807, 2.05) is 41.8 Å². The molecule has 4 heterocycles. The van der Waals surface area contributed by atoms with Crippen molar-refractivity contribution in [1.82, 2.24) is 10.3 Å². The number of methoxy groups -OCH3 is 1. The molecule has 32 heavy (non-hydrogen) atoms. The standard InChI is InChI=1S/C25H28N4O2S/c1-25(2,17-6-10-21(31-3)11-7-17)22-15-32-24(27-22)28-23(30)16-4-8-20(9-5-16)29-13-18-12-19(14-29)26-18/h4-11,15,18-19,26H,12-14H2,1-3H3,(H,27,28,30). The number of nitrogens with one attached hydrogen (secondary N) is 2. The summed E-state index contributed by atoms with van der Waals surface area (Å²) in [6, 6.07) is 17.1. The molecule has 6 nitrogen and oxygen atoms in total. The van der Waals surface area contributed by atoms with Gasteiger partial charge in [-0.2, -0.15) is 0 Å². The first-order valence-electron chi connectivity index (χ1n) is 11.0. The molecule has 2 atom stereocenters. The second-order valence-electron chi connectivity index (χ2n) is 9.09. The summed E-state index contributed by atoms with van der Waals surface area (Å²) in [7, 11) is 1.66. The van der Waals surface area contributed by atoms with Gasteiger partial charge in [-0.3, -0.25) is 10.1 Å². The number of carbonyl (C=O) groups excluding carboxylic acids is 1. The van der Waals surface area contributed by atoms with Gasteiger partial charge in [0.15, 0.2) is 5.13 Å². The first-order chi connectivity index (χ1) is 15.4. The number of nitrogens with zero attached hydrogens (tertiary/aromatic N) is 2. The zero-order valence-corrected chi connectivity index (χ0v) is 19.4. The number of carbonyl (C=O) groups is 1. The SMILES string of the molecule is COc1ccc(C(C)(C)c2csc(NC(=O)c3ccc(N4CC5CC(C4)N5)cc3)n2)cc1. The molecular weight excluding hydrogens is 420 g/mol. The summed E-state index contributed by atoms with van der Waals surface area (Å²) in [5.74, 6) is 0.693. The molecule has 1 aromatic heterocycles. The van der Waals surface area contributed by atoms with E-state index in [2.05, 4.69) is 41.5 Å². The van der Waals surface area contributed by atoms with Crippen LogP contribution in [0, 0.1) is 0 Å². The van der Waals surface area contributed by atoms with Crippen LogP contribution in [-0.4, -0.2) is 43.2 Å². The van der Waals surface area contributed by atoms with Crippen LogP contribution in [0.4, 0.5) is 10.8 Å². The van der Waals surface area contributed by atoms with Crippen LogP contribution in [0.2, 0.25) is 0 Å². The number of piperazine rings is 1. The monoisotopic (exact) mass is 448 g/mol. The fourth-order valence-corrected chi connectivity index (χ4v) is 5.36. The van der Waals surface area contributed by atoms with Gasteiger partial charge >= 0.3 is 0 Å². The van der Waals surface area contributed by atoms with E-state index < -0.39 is 0 Å². The average molecular weight is 449 g/mol. The molecule has 0 aliphatic carbocycles. The molecule has 3 fully saturated rings. The molecule has 2 aromatic carbocycles. The zero-order valence-electron chi connectivity index (χ0n) is 18.6. The van der Waals surface area contributed by atoms with E-state index in [1.165, 1.54) is 23.4 Å². The van der Waals surface area contributed by atoms with E-state index in [0.717, 1.165) is 30.1 Å². The molecule has 2 unspecified atom stereocenters. The van der Waals surface area contributed by atoms with Crippen LogP contribution in [0.5, 0.6) is 5.75 Å². The predicted octanol–water partition coefficient (Wildman–Crippen LogP) is 4.28.